The summed E-state index contributed by atoms with van der Waals surface area (Å²) in [6, 6.07) is 5.19. The van der Waals surface area contributed by atoms with Crippen molar-refractivity contribution in [1.29, 1.82) is 0 Å². The molecule has 5 heteroatoms. The molecule has 5 nitrogen and oxygen atoms in total. The van der Waals surface area contributed by atoms with Gasteiger partial charge in [-0.25, -0.2) is 0 Å². The van der Waals surface area contributed by atoms with Crippen molar-refractivity contribution in [2.24, 2.45) is 5.41 Å². The number of hydrogen-bond donors (Lipinski definition) is 1. The number of carbonyl (C=O) groups excluding carboxylic acids is 2. The standard InChI is InChI=1S/C16H19NO4/c1-16(2,15(20)21)9-13(18)11-4-6-12-10(8-11)5-7-14(19)17(12)3/h4,6,8H,5,7,9H2,1-3H3,(H,20,21). The molecule has 1 aromatic rings. The van der Waals surface area contributed by atoms with Crippen molar-refractivity contribution in [2.75, 3.05) is 11.9 Å². The fourth-order valence-electron chi connectivity index (χ4n) is 2.41. The molecule has 0 saturated carbocycles. The summed E-state index contributed by atoms with van der Waals surface area (Å²) in [5, 5.41) is 9.10. The number of carbonyl (C=O) groups is 3. The van der Waals surface area contributed by atoms with E-state index < -0.39 is 11.4 Å². The van der Waals surface area contributed by atoms with Gasteiger partial charge in [-0.05, 0) is 44.0 Å². The van der Waals surface area contributed by atoms with Crippen LogP contribution in [0.2, 0.25) is 0 Å². The number of amides is 1. The molecule has 1 heterocycles. The van der Waals surface area contributed by atoms with Crippen molar-refractivity contribution in [2.45, 2.75) is 33.1 Å². The molecule has 0 fully saturated rings. The Balaban J connectivity index is 2.25. The second kappa shape index (κ2) is 5.31. The third-order valence-corrected chi connectivity index (χ3v) is 3.93. The Bertz CT molecular complexity index is 619. The lowest BCUT2D eigenvalue weighted by Gasteiger charge is -2.26. The first kappa shape index (κ1) is 15.2. The van der Waals surface area contributed by atoms with Crippen LogP contribution >= 0.6 is 0 Å². The largest absolute Gasteiger partial charge is 0.481 e. The first-order valence-electron chi connectivity index (χ1n) is 6.88. The smallest absolute Gasteiger partial charge is 0.309 e. The Labute approximate surface area is 123 Å². The van der Waals surface area contributed by atoms with E-state index >= 15 is 0 Å². The highest BCUT2D eigenvalue weighted by Gasteiger charge is 2.31. The number of Topliss-reactive ketones (excluding diaryl/α,β-unsaturated/α-hetero) is 1. The Morgan fingerprint density at radius 2 is 1.95 bits per heavy atom. The maximum absolute atomic E-state index is 12.3. The lowest BCUT2D eigenvalue weighted by Crippen LogP contribution is -2.31. The molecule has 1 aromatic carbocycles. The number of ketones is 1. The molecule has 0 radical (unpaired) electrons. The molecule has 0 saturated heterocycles. The summed E-state index contributed by atoms with van der Waals surface area (Å²) in [5.74, 6) is -1.11. The van der Waals surface area contributed by atoms with E-state index in [0.717, 1.165) is 11.3 Å². The monoisotopic (exact) mass is 289 g/mol. The second-order valence-electron chi connectivity index (χ2n) is 6.09. The molecule has 1 aliphatic rings. The third-order valence-electron chi connectivity index (χ3n) is 3.93. The summed E-state index contributed by atoms with van der Waals surface area (Å²) in [5.41, 5.74) is 1.20. The fourth-order valence-corrected chi connectivity index (χ4v) is 2.41. The summed E-state index contributed by atoms with van der Waals surface area (Å²) in [4.78, 5) is 36.6. The molecule has 0 unspecified atom stereocenters. The van der Waals surface area contributed by atoms with Crippen LogP contribution in [0.4, 0.5) is 5.69 Å². The average Bonchev–Trinajstić information content (AvgIpc) is 2.42. The van der Waals surface area contributed by atoms with Gasteiger partial charge in [-0.15, -0.1) is 0 Å². The number of nitrogens with zero attached hydrogens (tertiary/aromatic N) is 1. The van der Waals surface area contributed by atoms with E-state index in [-0.39, 0.29) is 18.1 Å². The van der Waals surface area contributed by atoms with Crippen LogP contribution in [0.25, 0.3) is 0 Å². The highest BCUT2D eigenvalue weighted by molar-refractivity contribution is 6.01. The molecule has 1 aliphatic heterocycles. The van der Waals surface area contributed by atoms with Gasteiger partial charge in [-0.3, -0.25) is 14.4 Å². The minimum atomic E-state index is -1.08. The first-order chi connectivity index (χ1) is 9.72. The Morgan fingerprint density at radius 3 is 2.57 bits per heavy atom. The second-order valence-corrected chi connectivity index (χ2v) is 6.09. The van der Waals surface area contributed by atoms with Gasteiger partial charge in [0.05, 0.1) is 5.41 Å². The van der Waals surface area contributed by atoms with Crippen LogP contribution in [0, 0.1) is 5.41 Å². The molecular weight excluding hydrogens is 270 g/mol. The average molecular weight is 289 g/mol. The van der Waals surface area contributed by atoms with Crippen molar-refractivity contribution >= 4 is 23.3 Å². The van der Waals surface area contributed by atoms with Gasteiger partial charge >= 0.3 is 5.97 Å². The highest BCUT2D eigenvalue weighted by atomic mass is 16.4. The van der Waals surface area contributed by atoms with Crippen LogP contribution in [0.5, 0.6) is 0 Å². The summed E-state index contributed by atoms with van der Waals surface area (Å²) in [6.45, 7) is 3.08. The molecule has 0 spiro atoms. The van der Waals surface area contributed by atoms with Gasteiger partial charge in [0.2, 0.25) is 5.91 Å². The van der Waals surface area contributed by atoms with E-state index in [1.54, 1.807) is 30.1 Å². The van der Waals surface area contributed by atoms with Crippen LogP contribution in [0.1, 0.15) is 42.6 Å². The van der Waals surface area contributed by atoms with Crippen LogP contribution < -0.4 is 4.90 Å². The van der Waals surface area contributed by atoms with E-state index in [1.165, 1.54) is 13.8 Å². The van der Waals surface area contributed by atoms with Gasteiger partial charge in [-0.2, -0.15) is 0 Å². The van der Waals surface area contributed by atoms with Crippen molar-refractivity contribution < 1.29 is 19.5 Å². The number of hydrogen-bond acceptors (Lipinski definition) is 3. The lowest BCUT2D eigenvalue weighted by atomic mass is 9.85. The predicted octanol–water partition coefficient (Wildman–Crippen LogP) is 2.28. The Morgan fingerprint density at radius 1 is 1.29 bits per heavy atom. The van der Waals surface area contributed by atoms with E-state index in [4.69, 9.17) is 5.11 Å². The van der Waals surface area contributed by atoms with Gasteiger partial charge < -0.3 is 10.0 Å². The fraction of sp³-hybridized carbons (Fsp3) is 0.438. The summed E-state index contributed by atoms with van der Waals surface area (Å²) < 4.78 is 0. The third kappa shape index (κ3) is 2.96. The van der Waals surface area contributed by atoms with Gasteiger partial charge in [-0.1, -0.05) is 0 Å². The molecule has 0 atom stereocenters. The van der Waals surface area contributed by atoms with E-state index in [2.05, 4.69) is 0 Å². The van der Waals surface area contributed by atoms with Gasteiger partial charge in [0.1, 0.15) is 0 Å². The SMILES string of the molecule is CN1C(=O)CCc2cc(C(=O)CC(C)(C)C(=O)O)ccc21. The molecule has 21 heavy (non-hydrogen) atoms. The number of aliphatic carboxylic acids is 1. The van der Waals surface area contributed by atoms with Gasteiger partial charge in [0.15, 0.2) is 5.78 Å². The Kier molecular flexibility index (Phi) is 3.85. The molecule has 0 aromatic heterocycles. The van der Waals surface area contributed by atoms with Crippen LogP contribution in [0.15, 0.2) is 18.2 Å². The number of aryl methyl sites for hydroxylation is 1. The quantitative estimate of drug-likeness (QED) is 0.863. The predicted molar refractivity (Wildman–Crippen MR) is 78.5 cm³/mol. The minimum absolute atomic E-state index is 0.0457. The van der Waals surface area contributed by atoms with Gasteiger partial charge in [0.25, 0.3) is 0 Å². The molecule has 1 amide bonds. The number of carboxylic acids is 1. The maximum atomic E-state index is 12.3. The zero-order valence-corrected chi connectivity index (χ0v) is 12.5. The van der Waals surface area contributed by atoms with Crippen LogP contribution in [-0.4, -0.2) is 29.8 Å². The number of benzene rings is 1. The van der Waals surface area contributed by atoms with Gasteiger partial charge in [0, 0.05) is 31.1 Å². The van der Waals surface area contributed by atoms with Crippen LogP contribution in [0.3, 0.4) is 0 Å². The molecule has 0 aliphatic carbocycles. The normalized spacial score (nSPS) is 14.8. The minimum Gasteiger partial charge on any atom is -0.481 e. The van der Waals surface area contributed by atoms with Crippen molar-refractivity contribution in [3.8, 4) is 0 Å². The highest BCUT2D eigenvalue weighted by Crippen LogP contribution is 2.29. The van der Waals surface area contributed by atoms with E-state index in [9.17, 15) is 14.4 Å². The van der Waals surface area contributed by atoms with Crippen molar-refractivity contribution in [3.05, 3.63) is 29.3 Å². The summed E-state index contributed by atoms with van der Waals surface area (Å²) in [6.07, 6.45) is 1.000. The topological polar surface area (TPSA) is 74.7 Å². The molecule has 112 valence electrons. The zero-order chi connectivity index (χ0) is 15.8. The number of fused-ring (bicyclic) bond motifs is 1. The zero-order valence-electron chi connectivity index (χ0n) is 12.5. The molecule has 0 bridgehead atoms. The number of anilines is 1. The number of rotatable bonds is 4. The van der Waals surface area contributed by atoms with Crippen LogP contribution in [-0.2, 0) is 16.0 Å². The first-order valence-corrected chi connectivity index (χ1v) is 6.88. The van der Waals surface area contributed by atoms with Crippen molar-refractivity contribution in [3.63, 3.8) is 0 Å². The summed E-state index contributed by atoms with van der Waals surface area (Å²) >= 11 is 0. The van der Waals surface area contributed by atoms with E-state index in [1.807, 2.05) is 0 Å². The summed E-state index contributed by atoms with van der Waals surface area (Å²) in [7, 11) is 1.72. The molecular formula is C16H19NO4. The molecule has 1 N–H and O–H groups in total. The number of carboxylic acid groups (broad SMARTS) is 1. The Hall–Kier alpha value is -2.17. The molecule has 2 rings (SSSR count). The lowest BCUT2D eigenvalue weighted by molar-refractivity contribution is -0.146. The van der Waals surface area contributed by atoms with Crippen molar-refractivity contribution in [1.82, 2.24) is 0 Å². The maximum Gasteiger partial charge on any atom is 0.309 e. The van der Waals surface area contributed by atoms with E-state index in [0.29, 0.717) is 18.4 Å².